The van der Waals surface area contributed by atoms with Gasteiger partial charge < -0.3 is 36.4 Å². The predicted octanol–water partition coefficient (Wildman–Crippen LogP) is 0.820. The van der Waals surface area contributed by atoms with Gasteiger partial charge in [0.15, 0.2) is 10.8 Å². The largest absolute Gasteiger partial charge is 0.489 e. The van der Waals surface area contributed by atoms with Gasteiger partial charge in [0.25, 0.3) is 17.9 Å². The highest BCUT2D eigenvalue weighted by atomic mass is 32.3. The number of nitrogens with two attached hydrogens (primary N) is 2. The number of ether oxygens (including phenoxy) is 1. The molecule has 0 spiro atoms. The van der Waals surface area contributed by atoms with E-state index in [1.165, 1.54) is 19.2 Å². The SMILES string of the molecule is CC1(C)[C@H](NC(=O)/C(=N\O[C@@H](COc2ccc(-c3ccc4nc(CN)[nH]c4c3)cc2)C(=O)O)c2csc(N)n2)C(=O)N1OS(=O)(=O)O. The lowest BCUT2D eigenvalue weighted by molar-refractivity contribution is -0.218. The summed E-state index contributed by atoms with van der Waals surface area (Å²) in [6.07, 6.45) is -1.69. The maximum absolute atomic E-state index is 13.2. The summed E-state index contributed by atoms with van der Waals surface area (Å²) < 4.78 is 41.0. The number of amides is 2. The fourth-order valence-electron chi connectivity index (χ4n) is 4.54. The Bertz CT molecular complexity index is 1970. The van der Waals surface area contributed by atoms with Crippen molar-refractivity contribution in [1.82, 2.24) is 25.3 Å². The number of nitrogens with one attached hydrogen (secondary N) is 2. The highest BCUT2D eigenvalue weighted by molar-refractivity contribution is 7.80. The van der Waals surface area contributed by atoms with Crippen LogP contribution in [0.15, 0.2) is 53.0 Å². The molecular formula is C27H28N8O10S2. The first-order valence-electron chi connectivity index (χ1n) is 13.6. The van der Waals surface area contributed by atoms with Gasteiger partial charge in [-0.3, -0.25) is 14.1 Å². The number of hydroxylamine groups is 2. The van der Waals surface area contributed by atoms with Gasteiger partial charge in [-0.05, 0) is 49.2 Å². The first-order chi connectivity index (χ1) is 22.2. The van der Waals surface area contributed by atoms with Gasteiger partial charge in [-0.15, -0.1) is 15.6 Å². The molecule has 4 aromatic rings. The van der Waals surface area contributed by atoms with Crippen molar-refractivity contribution in [2.24, 2.45) is 10.9 Å². The Morgan fingerprint density at radius 1 is 1.19 bits per heavy atom. The summed E-state index contributed by atoms with van der Waals surface area (Å²) in [7, 11) is -5.02. The van der Waals surface area contributed by atoms with E-state index in [2.05, 4.69) is 29.7 Å². The molecule has 2 atom stereocenters. The third-order valence-corrected chi connectivity index (χ3v) is 7.97. The van der Waals surface area contributed by atoms with Crippen LogP contribution in [-0.4, -0.2) is 85.9 Å². The minimum absolute atomic E-state index is 0.0552. The number of carbonyl (C=O) groups excluding carboxylic acids is 2. The fraction of sp³-hybridized carbons (Fsp3) is 0.259. The number of fused-ring (bicyclic) bond motifs is 1. The summed E-state index contributed by atoms with van der Waals surface area (Å²) in [5.74, 6) is -2.48. The molecule has 0 aliphatic carbocycles. The maximum Gasteiger partial charge on any atom is 0.418 e. The van der Waals surface area contributed by atoms with Gasteiger partial charge in [0.2, 0.25) is 0 Å². The Balaban J connectivity index is 1.27. The van der Waals surface area contributed by atoms with Crippen LogP contribution in [0.3, 0.4) is 0 Å². The van der Waals surface area contributed by atoms with E-state index in [0.717, 1.165) is 33.5 Å². The number of nitrogen functional groups attached to an aromatic ring is 1. The van der Waals surface area contributed by atoms with Crippen LogP contribution in [0.4, 0.5) is 5.13 Å². The number of oxime groups is 1. The van der Waals surface area contributed by atoms with Crippen LogP contribution >= 0.6 is 11.3 Å². The molecule has 3 heterocycles. The molecule has 1 saturated heterocycles. The van der Waals surface area contributed by atoms with Crippen molar-refractivity contribution in [3.8, 4) is 16.9 Å². The predicted molar refractivity (Wildman–Crippen MR) is 166 cm³/mol. The van der Waals surface area contributed by atoms with Crippen LogP contribution in [0, 0.1) is 0 Å². The molecular weight excluding hydrogens is 660 g/mol. The van der Waals surface area contributed by atoms with Crippen molar-refractivity contribution in [1.29, 1.82) is 0 Å². The standard InChI is InChI=1S/C27H28N8O10S2/c1-27(2)22(24(37)35(27)45-47(40,41)42)33-23(36)21(18-12-46-26(29)32-18)34-44-19(25(38)39)11-43-15-6-3-13(4-7-15)14-5-8-16-17(9-14)31-20(10-28)30-16/h3-9,12,19,22H,10-11,28H2,1-2H3,(H2,29,32)(H,30,31)(H,33,36)(H,38,39)(H,40,41,42)/b34-21-/t19-,22+/m0/s1. The van der Waals surface area contributed by atoms with E-state index in [9.17, 15) is 27.9 Å². The van der Waals surface area contributed by atoms with Crippen LogP contribution in [0.2, 0.25) is 0 Å². The van der Waals surface area contributed by atoms with Gasteiger partial charge in [-0.2, -0.15) is 13.5 Å². The van der Waals surface area contributed by atoms with Gasteiger partial charge in [0.05, 0.1) is 23.1 Å². The lowest BCUT2D eigenvalue weighted by atomic mass is 9.84. The lowest BCUT2D eigenvalue weighted by Crippen LogP contribution is -2.76. The number of β-lactam (4-membered cyclic amide) rings is 1. The van der Waals surface area contributed by atoms with Crippen molar-refractivity contribution in [2.75, 3.05) is 12.3 Å². The van der Waals surface area contributed by atoms with Crippen molar-refractivity contribution in [3.05, 3.63) is 59.4 Å². The molecule has 0 saturated carbocycles. The van der Waals surface area contributed by atoms with E-state index in [4.69, 9.17) is 25.6 Å². The number of nitrogens with zero attached hydrogens (tertiary/aromatic N) is 4. The molecule has 5 rings (SSSR count). The van der Waals surface area contributed by atoms with Gasteiger partial charge >= 0.3 is 16.4 Å². The molecule has 2 amide bonds. The Hall–Kier alpha value is -5.15. The minimum atomic E-state index is -5.02. The molecule has 20 heteroatoms. The van der Waals surface area contributed by atoms with Crippen molar-refractivity contribution in [2.45, 2.75) is 38.1 Å². The quantitative estimate of drug-likeness (QED) is 0.0491. The Morgan fingerprint density at radius 2 is 1.89 bits per heavy atom. The second-order valence-corrected chi connectivity index (χ2v) is 12.5. The van der Waals surface area contributed by atoms with E-state index < -0.39 is 58.2 Å². The number of thiazole rings is 1. The number of rotatable bonds is 13. The second kappa shape index (κ2) is 12.9. The summed E-state index contributed by atoms with van der Waals surface area (Å²) in [5, 5.41) is 17.6. The number of imidazole rings is 1. The van der Waals surface area contributed by atoms with Crippen LogP contribution in [0.5, 0.6) is 5.75 Å². The van der Waals surface area contributed by atoms with Gasteiger partial charge in [0.1, 0.15) is 29.9 Å². The van der Waals surface area contributed by atoms with Crippen LogP contribution in [0.25, 0.3) is 22.2 Å². The molecule has 47 heavy (non-hydrogen) atoms. The van der Waals surface area contributed by atoms with E-state index in [1.54, 1.807) is 24.3 Å². The summed E-state index contributed by atoms with van der Waals surface area (Å²) in [6, 6.07) is 11.2. The van der Waals surface area contributed by atoms with E-state index in [0.29, 0.717) is 16.6 Å². The highest BCUT2D eigenvalue weighted by Gasteiger charge is 2.58. The molecule has 2 aromatic heterocycles. The third-order valence-electron chi connectivity index (χ3n) is 6.96. The number of carbonyl (C=O) groups is 3. The minimum Gasteiger partial charge on any atom is -0.489 e. The van der Waals surface area contributed by atoms with Gasteiger partial charge in [-0.25, -0.2) is 14.8 Å². The number of hydrogen-bond donors (Lipinski definition) is 6. The van der Waals surface area contributed by atoms with E-state index in [-0.39, 0.29) is 17.4 Å². The zero-order chi connectivity index (χ0) is 34.1. The molecule has 248 valence electrons. The lowest BCUT2D eigenvalue weighted by Gasteiger charge is -2.50. The maximum atomic E-state index is 13.2. The molecule has 8 N–H and O–H groups in total. The van der Waals surface area contributed by atoms with E-state index >= 15 is 0 Å². The molecule has 1 aliphatic rings. The third kappa shape index (κ3) is 7.31. The van der Waals surface area contributed by atoms with Crippen LogP contribution < -0.4 is 21.5 Å². The van der Waals surface area contributed by atoms with Crippen molar-refractivity contribution >= 4 is 61.4 Å². The van der Waals surface area contributed by atoms with Crippen LogP contribution in [0.1, 0.15) is 25.4 Å². The number of hydrogen-bond acceptors (Lipinski definition) is 14. The van der Waals surface area contributed by atoms with Crippen molar-refractivity contribution < 1.29 is 46.3 Å². The first-order valence-corrected chi connectivity index (χ1v) is 15.8. The number of carboxylic acids is 1. The Labute approximate surface area is 270 Å². The normalized spacial score (nSPS) is 16.9. The summed E-state index contributed by atoms with van der Waals surface area (Å²) in [5.41, 5.74) is 12.7. The number of carboxylic acid groups (broad SMARTS) is 1. The Kier molecular flexibility index (Phi) is 9.13. The fourth-order valence-corrected chi connectivity index (χ4v) is 5.54. The monoisotopic (exact) mass is 688 g/mol. The number of benzene rings is 2. The zero-order valence-corrected chi connectivity index (χ0v) is 26.2. The number of aromatic nitrogens is 3. The average molecular weight is 689 g/mol. The second-order valence-electron chi connectivity index (χ2n) is 10.6. The molecule has 2 aromatic carbocycles. The molecule has 18 nitrogen and oxygen atoms in total. The van der Waals surface area contributed by atoms with Gasteiger partial charge in [-0.1, -0.05) is 23.4 Å². The number of aliphatic carboxylic acids is 1. The molecule has 0 bridgehead atoms. The molecule has 0 radical (unpaired) electrons. The first kappa shape index (κ1) is 33.2. The van der Waals surface area contributed by atoms with Crippen LogP contribution in [-0.2, 0) is 40.4 Å². The van der Waals surface area contributed by atoms with Gasteiger partial charge in [0, 0.05) is 5.38 Å². The molecule has 1 fully saturated rings. The van der Waals surface area contributed by atoms with E-state index in [1.807, 2.05) is 18.2 Å². The highest BCUT2D eigenvalue weighted by Crippen LogP contribution is 2.33. The number of anilines is 1. The number of H-pyrrole nitrogens is 1. The summed E-state index contributed by atoms with van der Waals surface area (Å²) in [4.78, 5) is 54.4. The Morgan fingerprint density at radius 3 is 2.49 bits per heavy atom. The molecule has 1 aliphatic heterocycles. The zero-order valence-electron chi connectivity index (χ0n) is 24.6. The topological polar surface area (TPSA) is 275 Å². The van der Waals surface area contributed by atoms with Crippen molar-refractivity contribution in [3.63, 3.8) is 0 Å². The molecule has 0 unspecified atom stereocenters. The summed E-state index contributed by atoms with van der Waals surface area (Å²) in [6.45, 7) is 2.49. The summed E-state index contributed by atoms with van der Waals surface area (Å²) >= 11 is 0.956. The average Bonchev–Trinajstić information content (AvgIpc) is 3.65. The smallest absolute Gasteiger partial charge is 0.418 e. The number of aromatic amines is 1.